The fourth-order valence-electron chi connectivity index (χ4n) is 1.27. The van der Waals surface area contributed by atoms with Gasteiger partial charge in [0.1, 0.15) is 5.82 Å². The SMILES string of the molecule is CN(Cc1nccn1C)C(=O)CCCO. The normalized spacial score (nSPS) is 10.3. The molecule has 1 rings (SSSR count). The first-order chi connectivity index (χ1) is 7.15. The van der Waals surface area contributed by atoms with Crippen LogP contribution >= 0.6 is 0 Å². The van der Waals surface area contributed by atoms with Gasteiger partial charge in [-0.25, -0.2) is 4.98 Å². The topological polar surface area (TPSA) is 58.4 Å². The number of aromatic nitrogens is 2. The van der Waals surface area contributed by atoms with Crippen molar-refractivity contribution in [2.24, 2.45) is 7.05 Å². The molecule has 0 aromatic carbocycles. The van der Waals surface area contributed by atoms with E-state index in [1.165, 1.54) is 0 Å². The maximum absolute atomic E-state index is 11.5. The lowest BCUT2D eigenvalue weighted by Gasteiger charge is -2.16. The second kappa shape index (κ2) is 5.50. The van der Waals surface area contributed by atoms with Gasteiger partial charge in [0.25, 0.3) is 0 Å². The second-order valence-corrected chi connectivity index (χ2v) is 3.53. The highest BCUT2D eigenvalue weighted by atomic mass is 16.3. The molecule has 0 aliphatic rings. The first-order valence-electron chi connectivity index (χ1n) is 4.96. The fourth-order valence-corrected chi connectivity index (χ4v) is 1.27. The molecule has 0 aliphatic heterocycles. The van der Waals surface area contributed by atoms with Crippen LogP contribution in [0.4, 0.5) is 0 Å². The minimum absolute atomic E-state index is 0.0343. The zero-order valence-corrected chi connectivity index (χ0v) is 9.18. The van der Waals surface area contributed by atoms with Gasteiger partial charge in [0, 0.05) is 39.5 Å². The number of carbonyl (C=O) groups is 1. The number of amides is 1. The van der Waals surface area contributed by atoms with Crippen molar-refractivity contribution >= 4 is 5.91 Å². The minimum Gasteiger partial charge on any atom is -0.396 e. The first-order valence-corrected chi connectivity index (χ1v) is 4.96. The molecule has 0 fully saturated rings. The molecule has 0 saturated carbocycles. The summed E-state index contributed by atoms with van der Waals surface area (Å²) in [6.45, 7) is 0.565. The quantitative estimate of drug-likeness (QED) is 0.754. The molecule has 5 nitrogen and oxygen atoms in total. The molecular weight excluding hydrogens is 194 g/mol. The lowest BCUT2D eigenvalue weighted by Crippen LogP contribution is -2.27. The highest BCUT2D eigenvalue weighted by molar-refractivity contribution is 5.75. The standard InChI is InChI=1S/C10H17N3O2/c1-12-6-5-11-9(12)8-13(2)10(15)4-3-7-14/h5-6,14H,3-4,7-8H2,1-2H3. The number of nitrogens with zero attached hydrogens (tertiary/aromatic N) is 3. The number of aliphatic hydroxyl groups excluding tert-OH is 1. The van der Waals surface area contributed by atoms with Crippen molar-refractivity contribution < 1.29 is 9.90 Å². The summed E-state index contributed by atoms with van der Waals surface area (Å²) in [5.74, 6) is 0.891. The summed E-state index contributed by atoms with van der Waals surface area (Å²) in [6, 6.07) is 0. The van der Waals surface area contributed by atoms with Crippen LogP contribution in [-0.2, 0) is 18.4 Å². The Balaban J connectivity index is 2.45. The van der Waals surface area contributed by atoms with Crippen LogP contribution in [-0.4, -0.2) is 39.1 Å². The molecule has 1 aromatic rings. The van der Waals surface area contributed by atoms with Crippen LogP contribution in [0.3, 0.4) is 0 Å². The largest absolute Gasteiger partial charge is 0.396 e. The number of rotatable bonds is 5. The number of aryl methyl sites for hydroxylation is 1. The Hall–Kier alpha value is -1.36. The van der Waals surface area contributed by atoms with Gasteiger partial charge in [-0.2, -0.15) is 0 Å². The molecule has 15 heavy (non-hydrogen) atoms. The van der Waals surface area contributed by atoms with Crippen LogP contribution in [0.15, 0.2) is 12.4 Å². The molecule has 5 heteroatoms. The van der Waals surface area contributed by atoms with Crippen LogP contribution in [0.1, 0.15) is 18.7 Å². The van der Waals surface area contributed by atoms with E-state index >= 15 is 0 Å². The summed E-state index contributed by atoms with van der Waals surface area (Å²) in [7, 11) is 3.64. The van der Waals surface area contributed by atoms with E-state index in [2.05, 4.69) is 4.98 Å². The highest BCUT2D eigenvalue weighted by Crippen LogP contribution is 2.02. The van der Waals surface area contributed by atoms with E-state index in [1.807, 2.05) is 17.8 Å². The van der Waals surface area contributed by atoms with Gasteiger partial charge in [-0.05, 0) is 6.42 Å². The number of carbonyl (C=O) groups excluding carboxylic acids is 1. The summed E-state index contributed by atoms with van der Waals surface area (Å²) in [5, 5.41) is 8.61. The van der Waals surface area contributed by atoms with Crippen molar-refractivity contribution in [3.05, 3.63) is 18.2 Å². The third kappa shape index (κ3) is 3.36. The van der Waals surface area contributed by atoms with Crippen LogP contribution in [0.25, 0.3) is 0 Å². The molecule has 84 valence electrons. The Morgan fingerprint density at radius 2 is 2.40 bits per heavy atom. The lowest BCUT2D eigenvalue weighted by molar-refractivity contribution is -0.130. The average Bonchev–Trinajstić information content (AvgIpc) is 2.61. The van der Waals surface area contributed by atoms with Gasteiger partial charge in [0.2, 0.25) is 5.91 Å². The monoisotopic (exact) mass is 211 g/mol. The molecular formula is C10H17N3O2. The Labute approximate surface area is 89.3 Å². The third-order valence-electron chi connectivity index (χ3n) is 2.27. The Bertz CT molecular complexity index is 322. The third-order valence-corrected chi connectivity index (χ3v) is 2.27. The van der Waals surface area contributed by atoms with E-state index in [0.717, 1.165) is 5.82 Å². The molecule has 0 saturated heterocycles. The van der Waals surface area contributed by atoms with Gasteiger partial charge in [-0.3, -0.25) is 4.79 Å². The van der Waals surface area contributed by atoms with Crippen molar-refractivity contribution in [2.75, 3.05) is 13.7 Å². The van der Waals surface area contributed by atoms with Gasteiger partial charge in [0.05, 0.1) is 6.54 Å². The minimum atomic E-state index is 0.0343. The lowest BCUT2D eigenvalue weighted by atomic mass is 10.3. The van der Waals surface area contributed by atoms with E-state index in [0.29, 0.717) is 19.4 Å². The Morgan fingerprint density at radius 3 is 2.93 bits per heavy atom. The number of hydrogen-bond donors (Lipinski definition) is 1. The second-order valence-electron chi connectivity index (χ2n) is 3.53. The van der Waals surface area contributed by atoms with Gasteiger partial charge in [0.15, 0.2) is 0 Å². The summed E-state index contributed by atoms with van der Waals surface area (Å²) in [4.78, 5) is 17.3. The summed E-state index contributed by atoms with van der Waals surface area (Å²) in [5.41, 5.74) is 0. The molecule has 0 spiro atoms. The van der Waals surface area contributed by atoms with E-state index in [1.54, 1.807) is 18.1 Å². The molecule has 1 heterocycles. The van der Waals surface area contributed by atoms with E-state index < -0.39 is 0 Å². The number of imidazole rings is 1. The van der Waals surface area contributed by atoms with Gasteiger partial charge < -0.3 is 14.6 Å². The zero-order valence-electron chi connectivity index (χ0n) is 9.18. The van der Waals surface area contributed by atoms with Crippen LogP contribution < -0.4 is 0 Å². The fraction of sp³-hybridized carbons (Fsp3) is 0.600. The van der Waals surface area contributed by atoms with Crippen LogP contribution in [0.2, 0.25) is 0 Å². The highest BCUT2D eigenvalue weighted by Gasteiger charge is 2.10. The Kier molecular flexibility index (Phi) is 4.30. The van der Waals surface area contributed by atoms with E-state index in [9.17, 15) is 4.79 Å². The summed E-state index contributed by atoms with van der Waals surface area (Å²) in [6.07, 6.45) is 4.46. The van der Waals surface area contributed by atoms with Crippen molar-refractivity contribution in [3.8, 4) is 0 Å². The average molecular weight is 211 g/mol. The van der Waals surface area contributed by atoms with Crippen molar-refractivity contribution in [2.45, 2.75) is 19.4 Å². The number of hydrogen-bond acceptors (Lipinski definition) is 3. The first kappa shape index (κ1) is 11.7. The van der Waals surface area contributed by atoms with Gasteiger partial charge in [-0.15, -0.1) is 0 Å². The maximum Gasteiger partial charge on any atom is 0.222 e. The molecule has 1 amide bonds. The molecule has 1 aromatic heterocycles. The summed E-state index contributed by atoms with van der Waals surface area (Å²) >= 11 is 0. The van der Waals surface area contributed by atoms with Crippen LogP contribution in [0.5, 0.6) is 0 Å². The van der Waals surface area contributed by atoms with Crippen molar-refractivity contribution in [1.82, 2.24) is 14.5 Å². The van der Waals surface area contributed by atoms with Gasteiger partial charge >= 0.3 is 0 Å². The molecule has 0 aliphatic carbocycles. The Morgan fingerprint density at radius 1 is 1.67 bits per heavy atom. The van der Waals surface area contributed by atoms with Crippen molar-refractivity contribution in [1.29, 1.82) is 0 Å². The summed E-state index contributed by atoms with van der Waals surface area (Å²) < 4.78 is 1.88. The smallest absolute Gasteiger partial charge is 0.222 e. The van der Waals surface area contributed by atoms with E-state index in [4.69, 9.17) is 5.11 Å². The maximum atomic E-state index is 11.5. The van der Waals surface area contributed by atoms with E-state index in [-0.39, 0.29) is 12.5 Å². The number of aliphatic hydroxyl groups is 1. The predicted molar refractivity (Wildman–Crippen MR) is 56.0 cm³/mol. The predicted octanol–water partition coefficient (Wildman–Crippen LogP) is 0.151. The molecule has 0 radical (unpaired) electrons. The van der Waals surface area contributed by atoms with Crippen molar-refractivity contribution in [3.63, 3.8) is 0 Å². The van der Waals surface area contributed by atoms with Crippen LogP contribution in [0, 0.1) is 0 Å². The molecule has 1 N–H and O–H groups in total. The molecule has 0 atom stereocenters. The zero-order chi connectivity index (χ0) is 11.3. The van der Waals surface area contributed by atoms with Gasteiger partial charge in [-0.1, -0.05) is 0 Å². The molecule has 0 unspecified atom stereocenters. The molecule has 0 bridgehead atoms.